The van der Waals surface area contributed by atoms with E-state index in [-0.39, 0.29) is 25.6 Å². The summed E-state index contributed by atoms with van der Waals surface area (Å²) in [5.74, 6) is -0.566. The molecule has 18 heavy (non-hydrogen) atoms. The number of rotatable bonds is 10. The fourth-order valence-corrected chi connectivity index (χ4v) is 1.17. The lowest BCUT2D eigenvalue weighted by molar-refractivity contribution is -0.167. The van der Waals surface area contributed by atoms with Crippen LogP contribution in [0.3, 0.4) is 0 Å². The highest BCUT2D eigenvalue weighted by Gasteiger charge is 2.24. The highest BCUT2D eigenvalue weighted by molar-refractivity contribution is 5.81. The number of hydrogen-bond donors (Lipinski definition) is 1. The molecule has 0 spiro atoms. The number of hydrogen-bond acceptors (Lipinski definition) is 6. The summed E-state index contributed by atoms with van der Waals surface area (Å²) in [5, 5.41) is 9.51. The lowest BCUT2D eigenvalue weighted by Gasteiger charge is -2.18. The maximum atomic E-state index is 10.8. The molecule has 1 N–H and O–H groups in total. The summed E-state index contributed by atoms with van der Waals surface area (Å²) in [4.78, 5) is 10.8. The Hall–Kier alpha value is -0.950. The Morgan fingerprint density at radius 2 is 2.28 bits per heavy atom. The standard InChI is InChI=1S/C12H20O6/c1-3-11(14)16-5-9(13)6-17-12(4-2)18-8-10-7-15-10/h3,9-10,12-13H,1,4-8H2,2H3. The van der Waals surface area contributed by atoms with Crippen LogP contribution in [0.5, 0.6) is 0 Å². The van der Waals surface area contributed by atoms with Crippen LogP contribution in [0.1, 0.15) is 13.3 Å². The number of aliphatic hydroxyl groups excluding tert-OH is 1. The SMILES string of the molecule is C=CC(=O)OCC(O)COC(CC)OCC1CO1. The van der Waals surface area contributed by atoms with Gasteiger partial charge in [0.25, 0.3) is 0 Å². The summed E-state index contributed by atoms with van der Waals surface area (Å²) in [5.41, 5.74) is 0. The Labute approximate surface area is 106 Å². The van der Waals surface area contributed by atoms with Gasteiger partial charge in [-0.2, -0.15) is 0 Å². The topological polar surface area (TPSA) is 77.5 Å². The first kappa shape index (κ1) is 15.1. The van der Waals surface area contributed by atoms with E-state index in [1.807, 2.05) is 6.92 Å². The van der Waals surface area contributed by atoms with Crippen LogP contribution in [0.25, 0.3) is 0 Å². The average molecular weight is 260 g/mol. The number of ether oxygens (including phenoxy) is 4. The van der Waals surface area contributed by atoms with Gasteiger partial charge in [0.1, 0.15) is 18.8 Å². The highest BCUT2D eigenvalue weighted by Crippen LogP contribution is 2.11. The molecule has 1 rings (SSSR count). The molecule has 1 heterocycles. The minimum atomic E-state index is -0.872. The predicted molar refractivity (Wildman–Crippen MR) is 62.9 cm³/mol. The van der Waals surface area contributed by atoms with Gasteiger partial charge < -0.3 is 24.1 Å². The molecule has 6 nitrogen and oxygen atoms in total. The van der Waals surface area contributed by atoms with Crippen LogP contribution in [-0.4, -0.2) is 56.0 Å². The first-order chi connectivity index (χ1) is 8.65. The molecule has 3 atom stereocenters. The lowest BCUT2D eigenvalue weighted by Crippen LogP contribution is -2.28. The third-order valence-electron chi connectivity index (χ3n) is 2.26. The van der Waals surface area contributed by atoms with Gasteiger partial charge in [-0.25, -0.2) is 4.79 Å². The first-order valence-electron chi connectivity index (χ1n) is 5.97. The maximum absolute atomic E-state index is 10.8. The van der Waals surface area contributed by atoms with Crippen molar-refractivity contribution in [1.82, 2.24) is 0 Å². The van der Waals surface area contributed by atoms with Gasteiger partial charge in [0, 0.05) is 6.08 Å². The average Bonchev–Trinajstić information content (AvgIpc) is 3.20. The van der Waals surface area contributed by atoms with E-state index >= 15 is 0 Å². The molecular formula is C12H20O6. The molecule has 0 aromatic rings. The monoisotopic (exact) mass is 260 g/mol. The molecule has 0 bridgehead atoms. The predicted octanol–water partition coefficient (Wildman–Crippen LogP) is 0.245. The Balaban J connectivity index is 2.07. The van der Waals surface area contributed by atoms with Gasteiger partial charge >= 0.3 is 5.97 Å². The van der Waals surface area contributed by atoms with E-state index in [1.165, 1.54) is 0 Å². The van der Waals surface area contributed by atoms with Crippen molar-refractivity contribution in [3.8, 4) is 0 Å². The van der Waals surface area contributed by atoms with Crippen molar-refractivity contribution in [2.75, 3.05) is 26.4 Å². The van der Waals surface area contributed by atoms with E-state index in [1.54, 1.807) is 0 Å². The smallest absolute Gasteiger partial charge is 0.330 e. The van der Waals surface area contributed by atoms with E-state index < -0.39 is 12.1 Å². The van der Waals surface area contributed by atoms with Gasteiger partial charge in [0.05, 0.1) is 19.8 Å². The van der Waals surface area contributed by atoms with E-state index in [2.05, 4.69) is 11.3 Å². The first-order valence-corrected chi connectivity index (χ1v) is 5.97. The Morgan fingerprint density at radius 1 is 1.56 bits per heavy atom. The second-order valence-corrected chi connectivity index (χ2v) is 3.95. The van der Waals surface area contributed by atoms with Crippen LogP contribution in [0.15, 0.2) is 12.7 Å². The molecule has 0 aliphatic carbocycles. The summed E-state index contributed by atoms with van der Waals surface area (Å²) in [6.45, 7) is 6.34. The Bertz CT molecular complexity index is 263. The molecule has 3 unspecified atom stereocenters. The lowest BCUT2D eigenvalue weighted by atomic mass is 10.4. The zero-order valence-corrected chi connectivity index (χ0v) is 10.5. The van der Waals surface area contributed by atoms with E-state index in [0.717, 1.165) is 12.7 Å². The zero-order chi connectivity index (χ0) is 13.4. The normalized spacial score (nSPS) is 21.1. The van der Waals surface area contributed by atoms with Crippen molar-refractivity contribution in [3.63, 3.8) is 0 Å². The van der Waals surface area contributed by atoms with Gasteiger partial charge in [-0.3, -0.25) is 0 Å². The van der Waals surface area contributed by atoms with Crippen molar-refractivity contribution in [1.29, 1.82) is 0 Å². The van der Waals surface area contributed by atoms with Crippen LogP contribution in [0, 0.1) is 0 Å². The summed E-state index contributed by atoms with van der Waals surface area (Å²) in [6.07, 6.45) is 0.649. The van der Waals surface area contributed by atoms with E-state index in [0.29, 0.717) is 13.0 Å². The van der Waals surface area contributed by atoms with Gasteiger partial charge in [-0.05, 0) is 6.42 Å². The summed E-state index contributed by atoms with van der Waals surface area (Å²) >= 11 is 0. The van der Waals surface area contributed by atoms with Crippen LogP contribution in [0.2, 0.25) is 0 Å². The maximum Gasteiger partial charge on any atom is 0.330 e. The van der Waals surface area contributed by atoms with Crippen LogP contribution in [0.4, 0.5) is 0 Å². The summed E-state index contributed by atoms with van der Waals surface area (Å²) in [6, 6.07) is 0. The minimum absolute atomic E-state index is 0.0501. The molecule has 0 aromatic heterocycles. The Kier molecular flexibility index (Phi) is 6.89. The molecule has 1 aliphatic rings. The minimum Gasteiger partial charge on any atom is -0.460 e. The van der Waals surface area contributed by atoms with E-state index in [4.69, 9.17) is 14.2 Å². The number of carbonyl (C=O) groups is 1. The van der Waals surface area contributed by atoms with Crippen LogP contribution in [-0.2, 0) is 23.7 Å². The van der Waals surface area contributed by atoms with Crippen LogP contribution < -0.4 is 0 Å². The van der Waals surface area contributed by atoms with Gasteiger partial charge in [-0.1, -0.05) is 13.5 Å². The van der Waals surface area contributed by atoms with Crippen molar-refractivity contribution in [3.05, 3.63) is 12.7 Å². The fourth-order valence-electron chi connectivity index (χ4n) is 1.17. The molecule has 1 aliphatic heterocycles. The quantitative estimate of drug-likeness (QED) is 0.262. The number of carbonyl (C=O) groups excluding carboxylic acids is 1. The largest absolute Gasteiger partial charge is 0.460 e. The fraction of sp³-hybridized carbons (Fsp3) is 0.750. The molecule has 0 radical (unpaired) electrons. The molecule has 6 heteroatoms. The van der Waals surface area contributed by atoms with Crippen molar-refractivity contribution < 1.29 is 28.8 Å². The van der Waals surface area contributed by atoms with Gasteiger partial charge in [-0.15, -0.1) is 0 Å². The number of epoxide rings is 1. The summed E-state index contributed by atoms with van der Waals surface area (Å²) in [7, 11) is 0. The molecule has 1 fully saturated rings. The van der Waals surface area contributed by atoms with Crippen molar-refractivity contribution >= 4 is 5.97 Å². The van der Waals surface area contributed by atoms with E-state index in [9.17, 15) is 9.90 Å². The molecule has 0 saturated carbocycles. The van der Waals surface area contributed by atoms with Crippen LogP contribution >= 0.6 is 0 Å². The van der Waals surface area contributed by atoms with Gasteiger partial charge in [0.2, 0.25) is 0 Å². The number of aliphatic hydroxyl groups is 1. The zero-order valence-electron chi connectivity index (χ0n) is 10.5. The number of esters is 1. The van der Waals surface area contributed by atoms with Gasteiger partial charge in [0.15, 0.2) is 6.29 Å². The third kappa shape index (κ3) is 6.70. The molecule has 104 valence electrons. The van der Waals surface area contributed by atoms with Crippen molar-refractivity contribution in [2.45, 2.75) is 31.8 Å². The highest BCUT2D eigenvalue weighted by atomic mass is 16.7. The van der Waals surface area contributed by atoms with Crippen molar-refractivity contribution in [2.24, 2.45) is 0 Å². The summed E-state index contributed by atoms with van der Waals surface area (Å²) < 4.78 is 20.5. The third-order valence-corrected chi connectivity index (χ3v) is 2.26. The molecular weight excluding hydrogens is 240 g/mol. The Morgan fingerprint density at radius 3 is 2.83 bits per heavy atom. The molecule has 1 saturated heterocycles. The molecule has 0 aromatic carbocycles. The molecule has 0 amide bonds. The second-order valence-electron chi connectivity index (χ2n) is 3.95. The second kappa shape index (κ2) is 8.20.